The summed E-state index contributed by atoms with van der Waals surface area (Å²) in [5.41, 5.74) is 0. The number of methoxy groups -OCH3 is 1. The summed E-state index contributed by atoms with van der Waals surface area (Å²) in [4.78, 5) is 12.0. The third-order valence-corrected chi connectivity index (χ3v) is 4.22. The van der Waals surface area contributed by atoms with Gasteiger partial charge in [-0.3, -0.25) is 0 Å². The molecule has 0 saturated carbocycles. The summed E-state index contributed by atoms with van der Waals surface area (Å²) in [7, 11) is 1.27. The molecule has 86 valence electrons. The number of ether oxygens (including phenoxy) is 1. The van der Waals surface area contributed by atoms with Gasteiger partial charge in [0.05, 0.1) is 12.0 Å². The quantitative estimate of drug-likeness (QED) is 0.667. The molecule has 17 heavy (non-hydrogen) atoms. The Balaban J connectivity index is 2.01. The number of nitrogens with zero attached hydrogens (tertiary/aromatic N) is 2. The Labute approximate surface area is 104 Å². The van der Waals surface area contributed by atoms with E-state index in [1.54, 1.807) is 22.7 Å². The van der Waals surface area contributed by atoms with Crippen LogP contribution in [0.5, 0.6) is 0 Å². The van der Waals surface area contributed by atoms with Crippen LogP contribution >= 0.6 is 22.7 Å². The Bertz CT molecular complexity index is 654. The number of rotatable bonds is 2. The molecule has 0 fully saturated rings. The molecular formula is C10H6N2O3S2. The second-order valence-electron chi connectivity index (χ2n) is 3.16. The van der Waals surface area contributed by atoms with Crippen molar-refractivity contribution >= 4 is 38.0 Å². The maximum Gasteiger partial charge on any atom is 0.396 e. The van der Waals surface area contributed by atoms with Gasteiger partial charge in [-0.25, -0.2) is 4.79 Å². The molecule has 3 rings (SSSR count). The van der Waals surface area contributed by atoms with Gasteiger partial charge in [0.1, 0.15) is 0 Å². The van der Waals surface area contributed by atoms with Crippen LogP contribution in [0.15, 0.2) is 21.9 Å². The van der Waals surface area contributed by atoms with Gasteiger partial charge >= 0.3 is 11.9 Å². The number of thiophene rings is 2. The molecule has 0 radical (unpaired) electrons. The van der Waals surface area contributed by atoms with E-state index in [1.807, 2.05) is 17.5 Å². The first kappa shape index (κ1) is 10.4. The SMILES string of the molecule is COC(=O)c1nnc(-c2cc3sccc3s2)o1. The van der Waals surface area contributed by atoms with Crippen LogP contribution < -0.4 is 0 Å². The molecule has 3 heterocycles. The zero-order valence-electron chi connectivity index (χ0n) is 8.67. The summed E-state index contributed by atoms with van der Waals surface area (Å²) in [6, 6.07) is 4.00. The maximum absolute atomic E-state index is 11.2. The van der Waals surface area contributed by atoms with Crippen molar-refractivity contribution < 1.29 is 13.9 Å². The number of carbonyl (C=O) groups excluding carboxylic acids is 1. The van der Waals surface area contributed by atoms with E-state index in [0.717, 1.165) is 4.88 Å². The molecule has 3 aromatic heterocycles. The average Bonchev–Trinajstić information content (AvgIpc) is 3.00. The minimum atomic E-state index is -0.623. The van der Waals surface area contributed by atoms with E-state index in [1.165, 1.54) is 16.5 Å². The highest BCUT2D eigenvalue weighted by atomic mass is 32.1. The third-order valence-electron chi connectivity index (χ3n) is 2.14. The smallest absolute Gasteiger partial charge is 0.396 e. The topological polar surface area (TPSA) is 65.2 Å². The summed E-state index contributed by atoms with van der Waals surface area (Å²) < 4.78 is 12.1. The van der Waals surface area contributed by atoms with Crippen LogP contribution in [-0.2, 0) is 4.74 Å². The lowest BCUT2D eigenvalue weighted by molar-refractivity contribution is 0.0557. The van der Waals surface area contributed by atoms with Crippen LogP contribution in [0.3, 0.4) is 0 Å². The summed E-state index contributed by atoms with van der Waals surface area (Å²) >= 11 is 3.20. The van der Waals surface area contributed by atoms with E-state index in [2.05, 4.69) is 14.9 Å². The van der Waals surface area contributed by atoms with Crippen LogP contribution in [0.4, 0.5) is 0 Å². The first-order valence-electron chi connectivity index (χ1n) is 4.67. The van der Waals surface area contributed by atoms with Crippen molar-refractivity contribution in [3.8, 4) is 10.8 Å². The van der Waals surface area contributed by atoms with Crippen molar-refractivity contribution in [1.82, 2.24) is 10.2 Å². The number of esters is 1. The normalized spacial score (nSPS) is 10.9. The van der Waals surface area contributed by atoms with E-state index in [9.17, 15) is 4.79 Å². The van der Waals surface area contributed by atoms with Gasteiger partial charge in [-0.2, -0.15) is 0 Å². The average molecular weight is 266 g/mol. The van der Waals surface area contributed by atoms with E-state index < -0.39 is 5.97 Å². The lowest BCUT2D eigenvalue weighted by Gasteiger charge is -1.89. The van der Waals surface area contributed by atoms with Gasteiger partial charge in [0, 0.05) is 9.40 Å². The van der Waals surface area contributed by atoms with Crippen LogP contribution in [0, 0.1) is 0 Å². The lowest BCUT2D eigenvalue weighted by atomic mass is 10.4. The summed E-state index contributed by atoms with van der Waals surface area (Å²) in [6.07, 6.45) is 0. The Hall–Kier alpha value is -1.73. The number of carbonyl (C=O) groups is 1. The lowest BCUT2D eigenvalue weighted by Crippen LogP contribution is -2.00. The van der Waals surface area contributed by atoms with Gasteiger partial charge in [0.25, 0.3) is 5.89 Å². The number of hydrogen-bond donors (Lipinski definition) is 0. The Morgan fingerprint density at radius 2 is 2.29 bits per heavy atom. The molecule has 0 aliphatic carbocycles. The largest absolute Gasteiger partial charge is 0.462 e. The third kappa shape index (κ3) is 1.73. The van der Waals surface area contributed by atoms with Crippen molar-refractivity contribution in [2.75, 3.05) is 7.11 Å². The fourth-order valence-corrected chi connectivity index (χ4v) is 3.39. The van der Waals surface area contributed by atoms with Gasteiger partial charge in [-0.05, 0) is 17.5 Å². The summed E-state index contributed by atoms with van der Waals surface area (Å²) in [6.45, 7) is 0. The predicted molar refractivity (Wildman–Crippen MR) is 64.3 cm³/mol. The Kier molecular flexibility index (Phi) is 2.41. The number of fused-ring (bicyclic) bond motifs is 1. The van der Waals surface area contributed by atoms with E-state index in [0.29, 0.717) is 5.89 Å². The zero-order valence-corrected chi connectivity index (χ0v) is 10.3. The molecule has 0 atom stereocenters. The maximum atomic E-state index is 11.2. The second kappa shape index (κ2) is 3.94. The molecule has 0 unspecified atom stereocenters. The van der Waals surface area contributed by atoms with Crippen molar-refractivity contribution in [3.05, 3.63) is 23.4 Å². The van der Waals surface area contributed by atoms with Gasteiger partial charge in [0.15, 0.2) is 0 Å². The summed E-state index contributed by atoms with van der Waals surface area (Å²) in [5, 5.41) is 9.49. The van der Waals surface area contributed by atoms with E-state index in [4.69, 9.17) is 4.42 Å². The fraction of sp³-hybridized carbons (Fsp3) is 0.100. The van der Waals surface area contributed by atoms with Crippen molar-refractivity contribution in [2.24, 2.45) is 0 Å². The molecule has 0 bridgehead atoms. The van der Waals surface area contributed by atoms with E-state index in [-0.39, 0.29) is 5.89 Å². The van der Waals surface area contributed by atoms with Gasteiger partial charge in [0.2, 0.25) is 0 Å². The first-order chi connectivity index (χ1) is 8.28. The molecule has 0 saturated heterocycles. The molecule has 0 spiro atoms. The van der Waals surface area contributed by atoms with Crippen LogP contribution in [0.2, 0.25) is 0 Å². The van der Waals surface area contributed by atoms with Gasteiger partial charge < -0.3 is 9.15 Å². The van der Waals surface area contributed by atoms with Gasteiger partial charge in [-0.15, -0.1) is 32.9 Å². The van der Waals surface area contributed by atoms with Crippen LogP contribution in [0.1, 0.15) is 10.7 Å². The van der Waals surface area contributed by atoms with E-state index >= 15 is 0 Å². The number of hydrogen-bond acceptors (Lipinski definition) is 7. The van der Waals surface area contributed by atoms with Gasteiger partial charge in [-0.1, -0.05) is 0 Å². The van der Waals surface area contributed by atoms with Crippen LogP contribution in [0.25, 0.3) is 20.2 Å². The highest BCUT2D eigenvalue weighted by Crippen LogP contribution is 2.35. The molecule has 0 N–H and O–H groups in total. The van der Waals surface area contributed by atoms with Crippen molar-refractivity contribution in [1.29, 1.82) is 0 Å². The minimum Gasteiger partial charge on any atom is -0.462 e. The molecule has 0 aliphatic heterocycles. The zero-order chi connectivity index (χ0) is 11.8. The standard InChI is InChI=1S/C10H6N2O3S2/c1-14-10(13)9-12-11-8(15-9)7-4-6-5(17-7)2-3-16-6/h2-4H,1H3. The highest BCUT2D eigenvalue weighted by Gasteiger charge is 2.17. The number of aromatic nitrogens is 2. The molecule has 0 amide bonds. The van der Waals surface area contributed by atoms with Crippen molar-refractivity contribution in [2.45, 2.75) is 0 Å². The molecule has 3 aromatic rings. The summed E-state index contributed by atoms with van der Waals surface area (Å²) in [5.74, 6) is -0.403. The Morgan fingerprint density at radius 3 is 3.06 bits per heavy atom. The van der Waals surface area contributed by atoms with Crippen molar-refractivity contribution in [3.63, 3.8) is 0 Å². The molecule has 0 aromatic carbocycles. The Morgan fingerprint density at radius 1 is 1.41 bits per heavy atom. The molecule has 5 nitrogen and oxygen atoms in total. The highest BCUT2D eigenvalue weighted by molar-refractivity contribution is 7.28. The second-order valence-corrected chi connectivity index (χ2v) is 5.20. The monoisotopic (exact) mass is 266 g/mol. The fourth-order valence-electron chi connectivity index (χ4n) is 1.36. The molecule has 0 aliphatic rings. The van der Waals surface area contributed by atoms with Crippen LogP contribution in [-0.4, -0.2) is 23.3 Å². The molecular weight excluding hydrogens is 260 g/mol. The predicted octanol–water partition coefficient (Wildman–Crippen LogP) is 2.80. The first-order valence-corrected chi connectivity index (χ1v) is 6.37. The minimum absolute atomic E-state index is 0.126. The molecule has 7 heteroatoms.